The van der Waals surface area contributed by atoms with E-state index in [1.54, 1.807) is 11.8 Å². The highest BCUT2D eigenvalue weighted by Gasteiger charge is 2.18. The minimum atomic E-state index is 0.177. The predicted molar refractivity (Wildman–Crippen MR) is 86.0 cm³/mol. The highest BCUT2D eigenvalue weighted by atomic mass is 32.2. The van der Waals surface area contributed by atoms with Crippen molar-refractivity contribution in [1.82, 2.24) is 10.2 Å². The van der Waals surface area contributed by atoms with Gasteiger partial charge >= 0.3 is 0 Å². The lowest BCUT2D eigenvalue weighted by molar-refractivity contribution is -0.119. The van der Waals surface area contributed by atoms with Gasteiger partial charge < -0.3 is 10.2 Å². The fraction of sp³-hybridized carbons (Fsp3) is 0.562. The first-order chi connectivity index (χ1) is 9.63. The van der Waals surface area contributed by atoms with E-state index in [4.69, 9.17) is 0 Å². The molecule has 1 amide bonds. The Hall–Kier alpha value is -1.00. The van der Waals surface area contributed by atoms with E-state index in [2.05, 4.69) is 48.5 Å². The summed E-state index contributed by atoms with van der Waals surface area (Å²) in [6.45, 7) is 4.26. The quantitative estimate of drug-likeness (QED) is 0.904. The molecule has 0 atom stereocenters. The Morgan fingerprint density at radius 3 is 2.60 bits per heavy atom. The largest absolute Gasteiger partial charge is 0.353 e. The molecule has 0 saturated carbocycles. The molecule has 0 spiro atoms. The maximum atomic E-state index is 11.9. The number of nitrogens with zero attached hydrogens (tertiary/aromatic N) is 1. The number of rotatable bonds is 5. The van der Waals surface area contributed by atoms with Crippen LogP contribution in [0.3, 0.4) is 0 Å². The number of hydrogen-bond acceptors (Lipinski definition) is 3. The van der Waals surface area contributed by atoms with Gasteiger partial charge in [-0.1, -0.05) is 29.8 Å². The third-order valence-electron chi connectivity index (χ3n) is 3.71. The zero-order valence-corrected chi connectivity index (χ0v) is 13.2. The normalized spacial score (nSPS) is 17.1. The van der Waals surface area contributed by atoms with Crippen LogP contribution in [-0.4, -0.2) is 42.7 Å². The van der Waals surface area contributed by atoms with Gasteiger partial charge in [-0.05, 0) is 45.5 Å². The van der Waals surface area contributed by atoms with Gasteiger partial charge in [0.05, 0.1) is 5.75 Å². The van der Waals surface area contributed by atoms with Crippen LogP contribution in [0, 0.1) is 6.92 Å². The average molecular weight is 292 g/mol. The molecule has 1 aromatic carbocycles. The van der Waals surface area contributed by atoms with Crippen molar-refractivity contribution >= 4 is 17.7 Å². The smallest absolute Gasteiger partial charge is 0.230 e. The molecule has 0 aliphatic carbocycles. The number of nitrogens with one attached hydrogen (secondary N) is 1. The summed E-state index contributed by atoms with van der Waals surface area (Å²) in [7, 11) is 2.13. The second kappa shape index (κ2) is 7.70. The second-order valence-corrected chi connectivity index (χ2v) is 6.61. The fourth-order valence-corrected chi connectivity index (χ4v) is 3.17. The summed E-state index contributed by atoms with van der Waals surface area (Å²) < 4.78 is 0. The monoisotopic (exact) mass is 292 g/mol. The molecule has 20 heavy (non-hydrogen) atoms. The van der Waals surface area contributed by atoms with E-state index < -0.39 is 0 Å². The van der Waals surface area contributed by atoms with Crippen LogP contribution < -0.4 is 5.32 Å². The lowest BCUT2D eigenvalue weighted by Gasteiger charge is -2.29. The highest BCUT2D eigenvalue weighted by Crippen LogP contribution is 2.13. The van der Waals surface area contributed by atoms with Gasteiger partial charge in [-0.25, -0.2) is 0 Å². The zero-order valence-electron chi connectivity index (χ0n) is 12.4. The van der Waals surface area contributed by atoms with Gasteiger partial charge in [0.2, 0.25) is 5.91 Å². The third-order valence-corrected chi connectivity index (χ3v) is 4.71. The molecule has 110 valence electrons. The van der Waals surface area contributed by atoms with Gasteiger partial charge in [-0.2, -0.15) is 0 Å². The highest BCUT2D eigenvalue weighted by molar-refractivity contribution is 7.99. The summed E-state index contributed by atoms with van der Waals surface area (Å²) in [5, 5.41) is 3.15. The molecule has 0 unspecified atom stereocenters. The lowest BCUT2D eigenvalue weighted by Crippen LogP contribution is -2.43. The van der Waals surface area contributed by atoms with Crippen LogP contribution in [0.2, 0.25) is 0 Å². The molecular formula is C16H24N2OS. The standard InChI is InChI=1S/C16H24N2OS/c1-13-3-5-14(6-4-13)11-20-12-16(19)17-15-7-9-18(2)10-8-15/h3-6,15H,7-12H2,1-2H3,(H,17,19). The zero-order chi connectivity index (χ0) is 14.4. The molecule has 1 aliphatic rings. The molecule has 3 nitrogen and oxygen atoms in total. The number of carbonyl (C=O) groups is 1. The van der Waals surface area contributed by atoms with Crippen molar-refractivity contribution in [3.05, 3.63) is 35.4 Å². The summed E-state index contributed by atoms with van der Waals surface area (Å²) in [6.07, 6.45) is 2.15. The van der Waals surface area contributed by atoms with E-state index in [-0.39, 0.29) is 5.91 Å². The maximum Gasteiger partial charge on any atom is 0.230 e. The average Bonchev–Trinajstić information content (AvgIpc) is 2.44. The second-order valence-electron chi connectivity index (χ2n) is 5.62. The Labute approximate surface area is 126 Å². The molecule has 1 aromatic rings. The number of carbonyl (C=O) groups excluding carboxylic acids is 1. The topological polar surface area (TPSA) is 32.3 Å². The fourth-order valence-electron chi connectivity index (χ4n) is 2.37. The van der Waals surface area contributed by atoms with Crippen molar-refractivity contribution in [2.75, 3.05) is 25.9 Å². The summed E-state index contributed by atoms with van der Waals surface area (Å²) >= 11 is 1.69. The maximum absolute atomic E-state index is 11.9. The number of thioether (sulfide) groups is 1. The minimum absolute atomic E-state index is 0.177. The Bertz CT molecular complexity index is 425. The van der Waals surface area contributed by atoms with Crippen molar-refractivity contribution in [3.8, 4) is 0 Å². The van der Waals surface area contributed by atoms with Gasteiger partial charge in [0, 0.05) is 11.8 Å². The van der Waals surface area contributed by atoms with E-state index in [9.17, 15) is 4.79 Å². The van der Waals surface area contributed by atoms with E-state index in [0.29, 0.717) is 11.8 Å². The van der Waals surface area contributed by atoms with Crippen molar-refractivity contribution in [2.45, 2.75) is 31.6 Å². The third kappa shape index (κ3) is 5.17. The Kier molecular flexibility index (Phi) is 5.92. The van der Waals surface area contributed by atoms with Crippen LogP contribution in [-0.2, 0) is 10.5 Å². The molecule has 0 radical (unpaired) electrons. The molecule has 0 bridgehead atoms. The van der Waals surface area contributed by atoms with Crippen LogP contribution >= 0.6 is 11.8 Å². The molecule has 1 heterocycles. The van der Waals surface area contributed by atoms with Gasteiger partial charge in [0.1, 0.15) is 0 Å². The molecule has 0 aromatic heterocycles. The Morgan fingerprint density at radius 2 is 1.95 bits per heavy atom. The van der Waals surface area contributed by atoms with Crippen LogP contribution in [0.15, 0.2) is 24.3 Å². The summed E-state index contributed by atoms with van der Waals surface area (Å²) in [4.78, 5) is 14.2. The number of likely N-dealkylation sites (tertiary alicyclic amines) is 1. The molecular weight excluding hydrogens is 268 g/mol. The predicted octanol–water partition coefficient (Wildman–Crippen LogP) is 2.44. The number of benzene rings is 1. The number of piperidine rings is 1. The SMILES string of the molecule is Cc1ccc(CSCC(=O)NC2CCN(C)CC2)cc1. The van der Waals surface area contributed by atoms with Gasteiger partial charge in [-0.15, -0.1) is 11.8 Å². The Morgan fingerprint density at radius 1 is 1.30 bits per heavy atom. The summed E-state index contributed by atoms with van der Waals surface area (Å²) in [5.41, 5.74) is 2.56. The van der Waals surface area contributed by atoms with E-state index in [1.165, 1.54) is 11.1 Å². The van der Waals surface area contributed by atoms with Crippen molar-refractivity contribution < 1.29 is 4.79 Å². The van der Waals surface area contributed by atoms with E-state index in [0.717, 1.165) is 31.7 Å². The van der Waals surface area contributed by atoms with Crippen LogP contribution in [0.1, 0.15) is 24.0 Å². The first-order valence-electron chi connectivity index (χ1n) is 7.24. The molecule has 4 heteroatoms. The number of aryl methyl sites for hydroxylation is 1. The lowest BCUT2D eigenvalue weighted by atomic mass is 10.1. The first-order valence-corrected chi connectivity index (χ1v) is 8.40. The van der Waals surface area contributed by atoms with Gasteiger partial charge in [0.15, 0.2) is 0 Å². The summed E-state index contributed by atoms with van der Waals surface area (Å²) in [6, 6.07) is 8.89. The van der Waals surface area contributed by atoms with Crippen LogP contribution in [0.5, 0.6) is 0 Å². The van der Waals surface area contributed by atoms with Crippen LogP contribution in [0.4, 0.5) is 0 Å². The van der Waals surface area contributed by atoms with Crippen LogP contribution in [0.25, 0.3) is 0 Å². The molecule has 1 aliphatic heterocycles. The minimum Gasteiger partial charge on any atom is -0.353 e. The first kappa shape index (κ1) is 15.4. The molecule has 2 rings (SSSR count). The molecule has 1 N–H and O–H groups in total. The number of hydrogen-bond donors (Lipinski definition) is 1. The Balaban J connectivity index is 1.64. The molecule has 1 saturated heterocycles. The number of amides is 1. The van der Waals surface area contributed by atoms with Crippen molar-refractivity contribution in [2.24, 2.45) is 0 Å². The van der Waals surface area contributed by atoms with E-state index in [1.807, 2.05) is 0 Å². The molecule has 1 fully saturated rings. The summed E-state index contributed by atoms with van der Waals surface area (Å²) in [5.74, 6) is 1.64. The van der Waals surface area contributed by atoms with E-state index >= 15 is 0 Å². The van der Waals surface area contributed by atoms with Gasteiger partial charge in [-0.3, -0.25) is 4.79 Å². The van der Waals surface area contributed by atoms with Crippen molar-refractivity contribution in [3.63, 3.8) is 0 Å². The van der Waals surface area contributed by atoms with Crippen molar-refractivity contribution in [1.29, 1.82) is 0 Å². The van der Waals surface area contributed by atoms with Gasteiger partial charge in [0.25, 0.3) is 0 Å².